The molecule has 2 heterocycles. The van der Waals surface area contributed by atoms with E-state index in [9.17, 15) is 0 Å². The van der Waals surface area contributed by atoms with E-state index in [2.05, 4.69) is 31.0 Å². The molecule has 18 heavy (non-hydrogen) atoms. The minimum atomic E-state index is 0.182. The number of aryl methyl sites for hydroxylation is 1. The molecule has 2 rings (SSSR count). The highest BCUT2D eigenvalue weighted by Gasteiger charge is 2.21. The zero-order valence-corrected chi connectivity index (χ0v) is 12.3. The van der Waals surface area contributed by atoms with Crippen LogP contribution in [0.4, 0.5) is 0 Å². The van der Waals surface area contributed by atoms with Gasteiger partial charge in [-0.05, 0) is 37.6 Å². The Morgan fingerprint density at radius 2 is 2.00 bits per heavy atom. The predicted molar refractivity (Wildman–Crippen MR) is 80.2 cm³/mol. The van der Waals surface area contributed by atoms with Crippen LogP contribution < -0.4 is 5.73 Å². The maximum Gasteiger partial charge on any atom is 0.0589 e. The lowest BCUT2D eigenvalue weighted by molar-refractivity contribution is 0.640. The normalized spacial score (nSPS) is 14.4. The van der Waals surface area contributed by atoms with Gasteiger partial charge in [0.2, 0.25) is 0 Å². The number of hydrogen-bond donors (Lipinski definition) is 1. The SMILES string of the molecule is CCC(N)C(Sc1ccncc1)c1ccc(C)s1. The van der Waals surface area contributed by atoms with Gasteiger partial charge in [0, 0.05) is 33.1 Å². The van der Waals surface area contributed by atoms with Crippen LogP contribution in [0.15, 0.2) is 41.6 Å². The van der Waals surface area contributed by atoms with Crippen LogP contribution in [0, 0.1) is 6.92 Å². The molecule has 2 unspecified atom stereocenters. The molecule has 0 aromatic carbocycles. The van der Waals surface area contributed by atoms with Crippen molar-refractivity contribution in [3.8, 4) is 0 Å². The fourth-order valence-corrected chi connectivity index (χ4v) is 4.10. The van der Waals surface area contributed by atoms with Gasteiger partial charge in [0.05, 0.1) is 5.25 Å². The number of aromatic nitrogens is 1. The smallest absolute Gasteiger partial charge is 0.0589 e. The van der Waals surface area contributed by atoms with Gasteiger partial charge < -0.3 is 5.73 Å². The van der Waals surface area contributed by atoms with Crippen molar-refractivity contribution in [3.05, 3.63) is 46.4 Å². The first-order valence-corrected chi connectivity index (χ1v) is 7.79. The molecule has 0 spiro atoms. The van der Waals surface area contributed by atoms with Crippen LogP contribution in [0.2, 0.25) is 0 Å². The van der Waals surface area contributed by atoms with Crippen LogP contribution in [-0.2, 0) is 0 Å². The summed E-state index contributed by atoms with van der Waals surface area (Å²) in [5.74, 6) is 0. The lowest BCUT2D eigenvalue weighted by Gasteiger charge is -2.21. The Hall–Kier alpha value is -0.840. The van der Waals surface area contributed by atoms with Crippen LogP contribution in [-0.4, -0.2) is 11.0 Å². The van der Waals surface area contributed by atoms with Gasteiger partial charge in [-0.2, -0.15) is 0 Å². The third-order valence-corrected chi connectivity index (χ3v) is 5.45. The molecule has 0 radical (unpaired) electrons. The Morgan fingerprint density at radius 3 is 2.56 bits per heavy atom. The van der Waals surface area contributed by atoms with Crippen molar-refractivity contribution in [3.63, 3.8) is 0 Å². The molecule has 0 fully saturated rings. The molecule has 0 aliphatic heterocycles. The van der Waals surface area contributed by atoms with Gasteiger partial charge in [-0.1, -0.05) is 6.92 Å². The molecule has 0 amide bonds. The number of pyridine rings is 1. The highest BCUT2D eigenvalue weighted by molar-refractivity contribution is 7.99. The quantitative estimate of drug-likeness (QED) is 0.840. The molecule has 2 aromatic heterocycles. The Balaban J connectivity index is 2.21. The summed E-state index contributed by atoms with van der Waals surface area (Å²) in [6.45, 7) is 4.28. The molecule has 0 bridgehead atoms. The molecule has 0 saturated carbocycles. The van der Waals surface area contributed by atoms with E-state index < -0.39 is 0 Å². The van der Waals surface area contributed by atoms with Gasteiger partial charge in [-0.15, -0.1) is 23.1 Å². The van der Waals surface area contributed by atoms with Crippen LogP contribution >= 0.6 is 23.1 Å². The summed E-state index contributed by atoms with van der Waals surface area (Å²) in [5, 5.41) is 0.330. The third-order valence-electron chi connectivity index (χ3n) is 2.81. The van der Waals surface area contributed by atoms with Crippen LogP contribution in [0.25, 0.3) is 0 Å². The number of nitrogens with zero attached hydrogens (tertiary/aromatic N) is 1. The first kappa shape index (κ1) is 13.6. The number of hydrogen-bond acceptors (Lipinski definition) is 4. The van der Waals surface area contributed by atoms with E-state index in [4.69, 9.17) is 5.73 Å². The maximum absolute atomic E-state index is 6.28. The molecule has 96 valence electrons. The first-order chi connectivity index (χ1) is 8.70. The van der Waals surface area contributed by atoms with Crippen molar-refractivity contribution in [2.24, 2.45) is 5.73 Å². The zero-order chi connectivity index (χ0) is 13.0. The largest absolute Gasteiger partial charge is 0.326 e. The van der Waals surface area contributed by atoms with Gasteiger partial charge in [0.15, 0.2) is 0 Å². The number of thiophene rings is 1. The van der Waals surface area contributed by atoms with Crippen LogP contribution in [0.1, 0.15) is 28.3 Å². The lowest BCUT2D eigenvalue weighted by Crippen LogP contribution is -2.25. The average molecular weight is 278 g/mol. The van der Waals surface area contributed by atoms with Crippen molar-refractivity contribution in [2.75, 3.05) is 0 Å². The first-order valence-electron chi connectivity index (χ1n) is 6.09. The Bertz CT molecular complexity index is 482. The van der Waals surface area contributed by atoms with Gasteiger partial charge in [-0.25, -0.2) is 0 Å². The molecule has 2 aromatic rings. The zero-order valence-electron chi connectivity index (χ0n) is 10.7. The van der Waals surface area contributed by atoms with E-state index >= 15 is 0 Å². The maximum atomic E-state index is 6.28. The average Bonchev–Trinajstić information content (AvgIpc) is 2.83. The molecular formula is C14H18N2S2. The highest BCUT2D eigenvalue weighted by Crippen LogP contribution is 2.40. The Morgan fingerprint density at radius 1 is 1.28 bits per heavy atom. The molecule has 2 nitrogen and oxygen atoms in total. The van der Waals surface area contributed by atoms with Gasteiger partial charge in [-0.3, -0.25) is 4.98 Å². The number of rotatable bonds is 5. The van der Waals surface area contributed by atoms with E-state index in [0.717, 1.165) is 6.42 Å². The standard InChI is InChI=1S/C14H18N2S2/c1-3-12(15)14(13-5-4-10(2)17-13)18-11-6-8-16-9-7-11/h4-9,12,14H,3,15H2,1-2H3. The van der Waals surface area contributed by atoms with E-state index in [0.29, 0.717) is 5.25 Å². The van der Waals surface area contributed by atoms with Crippen molar-refractivity contribution >= 4 is 23.1 Å². The number of thioether (sulfide) groups is 1. The van der Waals surface area contributed by atoms with E-state index in [1.54, 1.807) is 0 Å². The fraction of sp³-hybridized carbons (Fsp3) is 0.357. The second-order valence-electron chi connectivity index (χ2n) is 4.24. The van der Waals surface area contributed by atoms with Crippen molar-refractivity contribution in [2.45, 2.75) is 36.5 Å². The predicted octanol–water partition coefficient (Wildman–Crippen LogP) is 4.02. The summed E-state index contributed by atoms with van der Waals surface area (Å²) in [4.78, 5) is 7.99. The molecule has 4 heteroatoms. The number of nitrogens with two attached hydrogens (primary N) is 1. The highest BCUT2D eigenvalue weighted by atomic mass is 32.2. The Kier molecular flexibility index (Phi) is 4.80. The molecule has 0 aliphatic carbocycles. The van der Waals surface area contributed by atoms with Gasteiger partial charge in [0.25, 0.3) is 0 Å². The summed E-state index contributed by atoms with van der Waals surface area (Å²) in [5.41, 5.74) is 6.28. The fourth-order valence-electron chi connectivity index (χ4n) is 1.74. The van der Waals surface area contributed by atoms with Crippen molar-refractivity contribution in [1.29, 1.82) is 0 Å². The van der Waals surface area contributed by atoms with E-state index in [1.165, 1.54) is 14.6 Å². The minimum absolute atomic E-state index is 0.182. The van der Waals surface area contributed by atoms with E-state index in [1.807, 2.05) is 47.6 Å². The lowest BCUT2D eigenvalue weighted by atomic mass is 10.1. The summed E-state index contributed by atoms with van der Waals surface area (Å²) < 4.78 is 0. The summed E-state index contributed by atoms with van der Waals surface area (Å²) in [6, 6.07) is 8.64. The second kappa shape index (κ2) is 6.36. The Labute approximate surface area is 117 Å². The molecule has 0 saturated heterocycles. The van der Waals surface area contributed by atoms with Crippen molar-refractivity contribution in [1.82, 2.24) is 4.98 Å². The molecule has 2 atom stereocenters. The van der Waals surface area contributed by atoms with Crippen molar-refractivity contribution < 1.29 is 0 Å². The molecule has 2 N–H and O–H groups in total. The van der Waals surface area contributed by atoms with Gasteiger partial charge in [0.1, 0.15) is 0 Å². The summed E-state index contributed by atoms with van der Waals surface area (Å²) in [7, 11) is 0. The molecule has 0 aliphatic rings. The summed E-state index contributed by atoms with van der Waals surface area (Å²) in [6.07, 6.45) is 4.65. The minimum Gasteiger partial charge on any atom is -0.326 e. The van der Waals surface area contributed by atoms with Crippen LogP contribution in [0.5, 0.6) is 0 Å². The summed E-state index contributed by atoms with van der Waals surface area (Å²) >= 11 is 3.68. The third kappa shape index (κ3) is 3.34. The van der Waals surface area contributed by atoms with Crippen LogP contribution in [0.3, 0.4) is 0 Å². The topological polar surface area (TPSA) is 38.9 Å². The monoisotopic (exact) mass is 278 g/mol. The van der Waals surface area contributed by atoms with Gasteiger partial charge >= 0.3 is 0 Å². The molecular weight excluding hydrogens is 260 g/mol. The second-order valence-corrected chi connectivity index (χ2v) is 6.78. The van der Waals surface area contributed by atoms with E-state index in [-0.39, 0.29) is 6.04 Å².